The van der Waals surface area contributed by atoms with Crippen molar-refractivity contribution in [1.82, 2.24) is 0 Å². The average molecular weight is 350 g/mol. The van der Waals surface area contributed by atoms with Gasteiger partial charge in [0.15, 0.2) is 0 Å². The van der Waals surface area contributed by atoms with Gasteiger partial charge in [-0.15, -0.1) is 0 Å². The third-order valence-corrected chi connectivity index (χ3v) is 3.46. The summed E-state index contributed by atoms with van der Waals surface area (Å²) in [6.45, 7) is 0. The number of hydrogen-bond donors (Lipinski definition) is 2. The summed E-state index contributed by atoms with van der Waals surface area (Å²) in [4.78, 5) is 12.1. The molecule has 0 spiro atoms. The van der Waals surface area contributed by atoms with E-state index < -0.39 is 5.91 Å². The number of rotatable bonds is 2. The second-order valence-corrected chi connectivity index (χ2v) is 5.66. The van der Waals surface area contributed by atoms with E-state index in [0.717, 1.165) is 0 Å². The van der Waals surface area contributed by atoms with Gasteiger partial charge in [0.2, 0.25) is 0 Å². The molecule has 0 heterocycles. The number of nitrogen functional groups attached to an aromatic ring is 1. The molecular formula is C13H8Cl4N2O. The van der Waals surface area contributed by atoms with Gasteiger partial charge in [-0.05, 0) is 30.3 Å². The number of anilines is 2. The summed E-state index contributed by atoms with van der Waals surface area (Å²) in [5.74, 6) is -0.426. The minimum atomic E-state index is -0.426. The molecule has 104 valence electrons. The van der Waals surface area contributed by atoms with Crippen LogP contribution in [0.1, 0.15) is 10.4 Å². The van der Waals surface area contributed by atoms with Crippen molar-refractivity contribution in [2.24, 2.45) is 0 Å². The molecule has 2 aromatic rings. The summed E-state index contributed by atoms with van der Waals surface area (Å²) in [6, 6.07) is 7.50. The Morgan fingerprint density at radius 3 is 2.00 bits per heavy atom. The zero-order chi connectivity index (χ0) is 14.9. The van der Waals surface area contributed by atoms with Crippen LogP contribution in [-0.2, 0) is 0 Å². The normalized spacial score (nSPS) is 10.4. The van der Waals surface area contributed by atoms with Crippen LogP contribution in [0.3, 0.4) is 0 Å². The Hall–Kier alpha value is -1.13. The highest BCUT2D eigenvalue weighted by molar-refractivity contribution is 6.42. The maximum atomic E-state index is 12.1. The van der Waals surface area contributed by atoms with Crippen LogP contribution < -0.4 is 11.1 Å². The number of nitrogens with one attached hydrogen (secondary N) is 1. The number of carbonyl (C=O) groups is 1. The Balaban J connectivity index is 2.32. The average Bonchev–Trinajstić information content (AvgIpc) is 2.32. The van der Waals surface area contributed by atoms with E-state index in [1.165, 1.54) is 24.3 Å². The summed E-state index contributed by atoms with van der Waals surface area (Å²) in [5, 5.41) is 3.83. The van der Waals surface area contributed by atoms with Crippen LogP contribution in [0.15, 0.2) is 30.3 Å². The van der Waals surface area contributed by atoms with Gasteiger partial charge in [-0.3, -0.25) is 4.79 Å². The number of benzene rings is 2. The van der Waals surface area contributed by atoms with Crippen LogP contribution in [0.25, 0.3) is 0 Å². The maximum Gasteiger partial charge on any atom is 0.255 e. The van der Waals surface area contributed by atoms with Crippen molar-refractivity contribution in [3.63, 3.8) is 0 Å². The highest BCUT2D eigenvalue weighted by Crippen LogP contribution is 2.34. The van der Waals surface area contributed by atoms with Gasteiger partial charge in [-0.1, -0.05) is 46.4 Å². The van der Waals surface area contributed by atoms with Crippen molar-refractivity contribution in [2.45, 2.75) is 0 Å². The lowest BCUT2D eigenvalue weighted by Crippen LogP contribution is -2.13. The Morgan fingerprint density at radius 1 is 0.900 bits per heavy atom. The van der Waals surface area contributed by atoms with Gasteiger partial charge >= 0.3 is 0 Å². The third kappa shape index (κ3) is 3.49. The number of carbonyl (C=O) groups excluding carboxylic acids is 1. The van der Waals surface area contributed by atoms with Gasteiger partial charge in [-0.2, -0.15) is 0 Å². The van der Waals surface area contributed by atoms with E-state index in [1.54, 1.807) is 6.07 Å². The molecule has 0 fully saturated rings. The van der Waals surface area contributed by atoms with Crippen molar-refractivity contribution in [3.05, 3.63) is 56.0 Å². The standard InChI is InChI=1S/C13H8Cl4N2O/c14-7-1-6(2-9(18)3-7)13(20)19-12-10(16)4-8(15)5-11(12)17/h1-5H,18H2,(H,19,20). The van der Waals surface area contributed by atoms with Crippen molar-refractivity contribution < 1.29 is 4.79 Å². The molecule has 0 saturated heterocycles. The minimum absolute atomic E-state index is 0.242. The Labute approximate surface area is 135 Å². The molecule has 0 aliphatic carbocycles. The van der Waals surface area contributed by atoms with E-state index in [1.807, 2.05) is 0 Å². The quantitative estimate of drug-likeness (QED) is 0.738. The Bertz CT molecular complexity index is 645. The highest BCUT2D eigenvalue weighted by atomic mass is 35.5. The predicted molar refractivity (Wildman–Crippen MR) is 85.3 cm³/mol. The second kappa shape index (κ2) is 6.10. The molecule has 0 saturated carbocycles. The van der Waals surface area contributed by atoms with Crippen LogP contribution in [0.5, 0.6) is 0 Å². The lowest BCUT2D eigenvalue weighted by molar-refractivity contribution is 0.102. The molecule has 0 atom stereocenters. The summed E-state index contributed by atoms with van der Waals surface area (Å²) < 4.78 is 0. The number of nitrogens with two attached hydrogens (primary N) is 1. The summed E-state index contributed by atoms with van der Waals surface area (Å²) in [7, 11) is 0. The molecule has 20 heavy (non-hydrogen) atoms. The first-order valence-corrected chi connectivity index (χ1v) is 6.90. The molecule has 2 aromatic carbocycles. The molecule has 3 N–H and O–H groups in total. The van der Waals surface area contributed by atoms with E-state index in [0.29, 0.717) is 21.3 Å². The maximum absolute atomic E-state index is 12.1. The van der Waals surface area contributed by atoms with Gasteiger partial charge < -0.3 is 11.1 Å². The SMILES string of the molecule is Nc1cc(Cl)cc(C(=O)Nc2c(Cl)cc(Cl)cc2Cl)c1. The van der Waals surface area contributed by atoms with Crippen molar-refractivity contribution >= 4 is 63.7 Å². The number of hydrogen-bond acceptors (Lipinski definition) is 2. The molecule has 3 nitrogen and oxygen atoms in total. The van der Waals surface area contributed by atoms with Crippen LogP contribution >= 0.6 is 46.4 Å². The summed E-state index contributed by atoms with van der Waals surface area (Å²) in [5.41, 5.74) is 6.60. The number of halogens is 4. The van der Waals surface area contributed by atoms with Crippen molar-refractivity contribution in [1.29, 1.82) is 0 Å². The van der Waals surface area contributed by atoms with E-state index >= 15 is 0 Å². The first-order chi connectivity index (χ1) is 9.36. The molecule has 0 radical (unpaired) electrons. The molecule has 2 rings (SSSR count). The van der Waals surface area contributed by atoms with E-state index in [4.69, 9.17) is 52.1 Å². The molecule has 0 unspecified atom stereocenters. The highest BCUT2D eigenvalue weighted by Gasteiger charge is 2.13. The molecule has 0 aromatic heterocycles. The fourth-order valence-electron chi connectivity index (χ4n) is 1.59. The van der Waals surface area contributed by atoms with Gasteiger partial charge in [0.25, 0.3) is 5.91 Å². The largest absolute Gasteiger partial charge is 0.399 e. The molecular weight excluding hydrogens is 342 g/mol. The summed E-state index contributed by atoms with van der Waals surface area (Å²) in [6.07, 6.45) is 0. The van der Waals surface area contributed by atoms with Gasteiger partial charge in [-0.25, -0.2) is 0 Å². The zero-order valence-corrected chi connectivity index (χ0v) is 12.9. The monoisotopic (exact) mass is 348 g/mol. The van der Waals surface area contributed by atoms with Gasteiger partial charge in [0, 0.05) is 21.3 Å². The molecule has 0 aliphatic rings. The van der Waals surface area contributed by atoms with Crippen LogP contribution in [0.4, 0.5) is 11.4 Å². The molecule has 7 heteroatoms. The van der Waals surface area contributed by atoms with E-state index in [9.17, 15) is 4.79 Å². The van der Waals surface area contributed by atoms with Gasteiger partial charge in [0.05, 0.1) is 15.7 Å². The van der Waals surface area contributed by atoms with E-state index in [2.05, 4.69) is 5.32 Å². The smallest absolute Gasteiger partial charge is 0.255 e. The Kier molecular flexibility index (Phi) is 4.66. The number of amides is 1. The lowest BCUT2D eigenvalue weighted by Gasteiger charge is -2.10. The van der Waals surface area contributed by atoms with Crippen molar-refractivity contribution in [2.75, 3.05) is 11.1 Å². The summed E-state index contributed by atoms with van der Waals surface area (Å²) >= 11 is 23.6. The fraction of sp³-hybridized carbons (Fsp3) is 0. The van der Waals surface area contributed by atoms with Crippen LogP contribution in [0.2, 0.25) is 20.1 Å². The first-order valence-electron chi connectivity index (χ1n) is 5.39. The topological polar surface area (TPSA) is 55.1 Å². The van der Waals surface area contributed by atoms with Crippen LogP contribution in [0, 0.1) is 0 Å². The minimum Gasteiger partial charge on any atom is -0.399 e. The fourth-order valence-corrected chi connectivity index (χ4v) is 2.75. The lowest BCUT2D eigenvalue weighted by atomic mass is 10.2. The second-order valence-electron chi connectivity index (χ2n) is 3.97. The van der Waals surface area contributed by atoms with E-state index in [-0.39, 0.29) is 15.7 Å². The molecule has 0 bridgehead atoms. The molecule has 1 amide bonds. The van der Waals surface area contributed by atoms with Crippen LogP contribution in [-0.4, -0.2) is 5.91 Å². The zero-order valence-electron chi connectivity index (χ0n) is 9.88. The molecule has 0 aliphatic heterocycles. The third-order valence-electron chi connectivity index (χ3n) is 2.43. The van der Waals surface area contributed by atoms with Gasteiger partial charge in [0.1, 0.15) is 0 Å². The van der Waals surface area contributed by atoms with Crippen molar-refractivity contribution in [3.8, 4) is 0 Å². The Morgan fingerprint density at radius 2 is 1.45 bits per heavy atom. The first kappa shape index (κ1) is 15.3. The predicted octanol–water partition coefficient (Wildman–Crippen LogP) is 5.13.